The van der Waals surface area contributed by atoms with Crippen molar-refractivity contribution in [3.63, 3.8) is 0 Å². The number of carboxylic acid groups (broad SMARTS) is 2. The van der Waals surface area contributed by atoms with E-state index in [0.29, 0.717) is 5.56 Å². The highest BCUT2D eigenvalue weighted by molar-refractivity contribution is 8.14. The first-order valence-electron chi connectivity index (χ1n) is 12.2. The van der Waals surface area contributed by atoms with Gasteiger partial charge >= 0.3 is 12.1 Å². The molecule has 194 valence electrons. The summed E-state index contributed by atoms with van der Waals surface area (Å²) in [6, 6.07) is 17.9. The Balaban J connectivity index is 1.55. The van der Waals surface area contributed by atoms with Crippen LogP contribution in [0.3, 0.4) is 0 Å². The monoisotopic (exact) mass is 514 g/mol. The molecule has 1 aliphatic heterocycles. The highest BCUT2D eigenvalue weighted by Gasteiger charge is 2.37. The summed E-state index contributed by atoms with van der Waals surface area (Å²) >= 11 is 0.907. The minimum Gasteiger partial charge on any atom is -0.479 e. The molecule has 1 aliphatic rings. The number of aryl methyl sites for hydroxylation is 2. The number of amidine groups is 1. The number of carboxylic acids is 1. The second kappa shape index (κ2) is 13.9. The number of hydrogen-bond donors (Lipinski definition) is 4. The van der Waals surface area contributed by atoms with E-state index >= 15 is 0 Å². The first-order valence-corrected chi connectivity index (χ1v) is 13.1. The first kappa shape index (κ1) is 27.5. The molecule has 0 saturated heterocycles. The number of benzene rings is 2. The molecule has 0 radical (unpaired) electrons. The van der Waals surface area contributed by atoms with Crippen LogP contribution in [0, 0.1) is 0 Å². The number of aliphatic hydroxyl groups excluding tert-OH is 1. The van der Waals surface area contributed by atoms with Gasteiger partial charge in [-0.15, -0.1) is 10.2 Å². The Morgan fingerprint density at radius 1 is 0.917 bits per heavy atom. The zero-order valence-corrected chi connectivity index (χ0v) is 21.2. The van der Waals surface area contributed by atoms with Gasteiger partial charge in [-0.05, 0) is 42.4 Å². The minimum absolute atomic E-state index is 0.0422. The molecule has 9 nitrogen and oxygen atoms in total. The highest BCUT2D eigenvalue weighted by atomic mass is 32.2. The molecule has 2 aromatic carbocycles. The van der Waals surface area contributed by atoms with E-state index in [4.69, 9.17) is 0 Å². The van der Waals surface area contributed by atoms with Gasteiger partial charge in [-0.25, -0.2) is 15.1 Å². The van der Waals surface area contributed by atoms with Gasteiger partial charge in [-0.1, -0.05) is 92.0 Å². The van der Waals surface area contributed by atoms with Crippen LogP contribution in [-0.4, -0.2) is 55.8 Å². The molecule has 4 N–H and O–H groups in total. The van der Waals surface area contributed by atoms with Crippen LogP contribution in [0.2, 0.25) is 0 Å². The lowest BCUT2D eigenvalue weighted by atomic mass is 9.96. The molecule has 3 rings (SSSR count). The molecule has 0 aromatic heterocycles. The van der Waals surface area contributed by atoms with Crippen molar-refractivity contribution in [2.75, 3.05) is 7.05 Å². The summed E-state index contributed by atoms with van der Waals surface area (Å²) < 4.78 is 0. The minimum atomic E-state index is -1.73. The van der Waals surface area contributed by atoms with E-state index < -0.39 is 23.4 Å². The van der Waals surface area contributed by atoms with Crippen LogP contribution in [0.1, 0.15) is 60.5 Å². The fourth-order valence-electron chi connectivity index (χ4n) is 4.20. The molecular weight excluding hydrogens is 480 g/mol. The topological polar surface area (TPSA) is 126 Å². The number of hydrazine groups is 2. The third-order valence-electron chi connectivity index (χ3n) is 6.09. The predicted octanol–water partition coefficient (Wildman–Crippen LogP) is 4.65. The van der Waals surface area contributed by atoms with Gasteiger partial charge in [0.15, 0.2) is 6.10 Å². The Labute approximate surface area is 215 Å². The number of nitrogens with zero attached hydrogens (tertiary/aromatic N) is 3. The number of aliphatic carboxylic acids is 1. The SMILES string of the molecule is CN1NN=C(SC(c2ccccc2CCCCCCCCc2ccccc2)C(O)C(=O)O)N1C(=O)O. The average molecular weight is 515 g/mol. The van der Waals surface area contributed by atoms with Crippen LogP contribution in [0.4, 0.5) is 4.79 Å². The smallest absolute Gasteiger partial charge is 0.430 e. The molecule has 2 unspecified atom stereocenters. The van der Waals surface area contributed by atoms with Gasteiger partial charge in [0.2, 0.25) is 5.17 Å². The van der Waals surface area contributed by atoms with Crippen LogP contribution in [0.15, 0.2) is 59.7 Å². The van der Waals surface area contributed by atoms with Crippen LogP contribution in [0.5, 0.6) is 0 Å². The number of amides is 1. The van der Waals surface area contributed by atoms with Crippen molar-refractivity contribution in [2.24, 2.45) is 5.10 Å². The van der Waals surface area contributed by atoms with Crippen molar-refractivity contribution in [1.29, 1.82) is 0 Å². The highest BCUT2D eigenvalue weighted by Crippen LogP contribution is 2.37. The van der Waals surface area contributed by atoms with Gasteiger partial charge in [0.1, 0.15) is 0 Å². The summed E-state index contributed by atoms with van der Waals surface area (Å²) in [6.07, 6.45) is 5.55. The normalized spacial score (nSPS) is 15.3. The number of carbonyl (C=O) groups is 2. The quantitative estimate of drug-likeness (QED) is 0.285. The van der Waals surface area contributed by atoms with Crippen LogP contribution < -0.4 is 5.53 Å². The molecule has 1 heterocycles. The van der Waals surface area contributed by atoms with Gasteiger partial charge < -0.3 is 15.3 Å². The van der Waals surface area contributed by atoms with Gasteiger partial charge in [0, 0.05) is 7.05 Å². The Hall–Kier alpha value is -3.08. The third kappa shape index (κ3) is 7.71. The second-order valence-electron chi connectivity index (χ2n) is 8.74. The van der Waals surface area contributed by atoms with E-state index in [0.717, 1.165) is 54.4 Å². The zero-order chi connectivity index (χ0) is 25.9. The summed E-state index contributed by atoms with van der Waals surface area (Å²) in [6.45, 7) is 0. The van der Waals surface area contributed by atoms with Crippen LogP contribution >= 0.6 is 11.8 Å². The molecule has 0 bridgehead atoms. The van der Waals surface area contributed by atoms with Gasteiger partial charge in [0.25, 0.3) is 0 Å². The van der Waals surface area contributed by atoms with Crippen LogP contribution in [0.25, 0.3) is 0 Å². The lowest BCUT2D eigenvalue weighted by molar-refractivity contribution is -0.146. The number of hydrazone groups is 1. The Bertz CT molecular complexity index is 1040. The van der Waals surface area contributed by atoms with Crippen molar-refractivity contribution >= 4 is 29.0 Å². The average Bonchev–Trinajstić information content (AvgIpc) is 3.24. The number of rotatable bonds is 13. The number of hydrogen-bond acceptors (Lipinski definition) is 7. The second-order valence-corrected chi connectivity index (χ2v) is 9.85. The van der Waals surface area contributed by atoms with Gasteiger partial charge in [0.05, 0.1) is 5.25 Å². The lowest BCUT2D eigenvalue weighted by Crippen LogP contribution is -2.45. The van der Waals surface area contributed by atoms with Crippen molar-refractivity contribution in [3.8, 4) is 0 Å². The summed E-state index contributed by atoms with van der Waals surface area (Å²) in [5, 5.41) is 34.7. The largest absolute Gasteiger partial charge is 0.479 e. The molecule has 2 atom stereocenters. The fraction of sp³-hybridized carbons (Fsp3) is 0.423. The Kier molecular flexibility index (Phi) is 10.6. The first-order chi connectivity index (χ1) is 17.4. The summed E-state index contributed by atoms with van der Waals surface area (Å²) in [7, 11) is 1.48. The molecule has 1 amide bonds. The fourth-order valence-corrected chi connectivity index (χ4v) is 5.42. The number of nitrogens with one attached hydrogen (secondary N) is 1. The standard InChI is InChI=1S/C26H34N4O5S/c1-29-28-27-25(30(29)26(34)35)36-23(22(31)24(32)33)21-18-12-11-17-20(21)16-10-5-3-2-4-7-13-19-14-8-6-9-15-19/h6,8-9,11-12,14-15,17-18,22-23,28,31H,2-5,7,10,13,16H2,1H3,(H,32,33)(H,34,35). The summed E-state index contributed by atoms with van der Waals surface area (Å²) in [5.41, 5.74) is 5.52. The van der Waals surface area contributed by atoms with Gasteiger partial charge in [-0.2, -0.15) is 5.01 Å². The molecule has 0 aliphatic carbocycles. The van der Waals surface area contributed by atoms with E-state index in [1.54, 1.807) is 12.1 Å². The molecule has 0 saturated carbocycles. The molecular formula is C26H34N4O5S. The summed E-state index contributed by atoms with van der Waals surface area (Å²) in [4.78, 5) is 23.3. The van der Waals surface area contributed by atoms with E-state index in [1.807, 2.05) is 18.2 Å². The molecule has 0 spiro atoms. The number of unbranched alkanes of at least 4 members (excludes halogenated alkanes) is 5. The van der Waals surface area contributed by atoms with Crippen LogP contribution in [-0.2, 0) is 17.6 Å². The van der Waals surface area contributed by atoms with Crippen molar-refractivity contribution in [1.82, 2.24) is 15.7 Å². The maximum Gasteiger partial charge on any atom is 0.430 e. The molecule has 0 fully saturated rings. The maximum atomic E-state index is 11.7. The Morgan fingerprint density at radius 2 is 1.53 bits per heavy atom. The van der Waals surface area contributed by atoms with E-state index in [1.165, 1.54) is 37.0 Å². The van der Waals surface area contributed by atoms with E-state index in [9.17, 15) is 24.9 Å². The maximum absolute atomic E-state index is 11.7. The van der Waals surface area contributed by atoms with Crippen molar-refractivity contribution in [2.45, 2.75) is 62.7 Å². The van der Waals surface area contributed by atoms with Crippen molar-refractivity contribution in [3.05, 3.63) is 71.3 Å². The number of aliphatic hydroxyl groups is 1. The lowest BCUT2D eigenvalue weighted by Gasteiger charge is -2.25. The molecule has 10 heteroatoms. The van der Waals surface area contributed by atoms with E-state index in [-0.39, 0.29) is 5.17 Å². The zero-order valence-electron chi connectivity index (χ0n) is 20.4. The number of thioether (sulfide) groups is 1. The third-order valence-corrected chi connectivity index (χ3v) is 7.33. The Morgan fingerprint density at radius 3 is 2.19 bits per heavy atom. The predicted molar refractivity (Wildman–Crippen MR) is 140 cm³/mol. The van der Waals surface area contributed by atoms with E-state index in [2.05, 4.69) is 34.9 Å². The van der Waals surface area contributed by atoms with Crippen molar-refractivity contribution < 1.29 is 24.9 Å². The molecule has 2 aromatic rings. The van der Waals surface area contributed by atoms with Gasteiger partial charge in [-0.3, -0.25) is 0 Å². The molecule has 36 heavy (non-hydrogen) atoms. The summed E-state index contributed by atoms with van der Waals surface area (Å²) in [5.74, 6) is -1.38.